The highest BCUT2D eigenvalue weighted by Gasteiger charge is 2.14. The molecule has 36 heavy (non-hydrogen) atoms. The summed E-state index contributed by atoms with van der Waals surface area (Å²) in [4.78, 5) is 13.8. The number of piperazine rings is 1. The predicted molar refractivity (Wildman–Crippen MR) is 145 cm³/mol. The van der Waals surface area contributed by atoms with Crippen LogP contribution in [0.15, 0.2) is 54.7 Å². The highest BCUT2D eigenvalue weighted by molar-refractivity contribution is 7.87. The van der Waals surface area contributed by atoms with Crippen molar-refractivity contribution in [3.8, 4) is 0 Å². The Labute approximate surface area is 213 Å². The summed E-state index contributed by atoms with van der Waals surface area (Å²) >= 11 is 0. The van der Waals surface area contributed by atoms with E-state index in [1.54, 1.807) is 13.1 Å². The van der Waals surface area contributed by atoms with Gasteiger partial charge in [-0.3, -0.25) is 0 Å². The Balaban J connectivity index is 1.37. The fourth-order valence-electron chi connectivity index (χ4n) is 3.84. The van der Waals surface area contributed by atoms with Gasteiger partial charge in [0.25, 0.3) is 10.2 Å². The molecule has 11 heteroatoms. The van der Waals surface area contributed by atoms with Crippen LogP contribution >= 0.6 is 0 Å². The Kier molecular flexibility index (Phi) is 8.36. The lowest BCUT2D eigenvalue weighted by molar-refractivity contribution is 0.313. The van der Waals surface area contributed by atoms with Gasteiger partial charge in [0.1, 0.15) is 5.82 Å². The Morgan fingerprint density at radius 1 is 0.889 bits per heavy atom. The molecule has 1 aliphatic rings. The van der Waals surface area contributed by atoms with Crippen LogP contribution in [0.2, 0.25) is 0 Å². The van der Waals surface area contributed by atoms with Crippen molar-refractivity contribution in [3.63, 3.8) is 0 Å². The molecule has 0 amide bonds. The SMILES string of the molecule is CCNS(=O)(=O)NCc1ccc(Nc2nc(Nc3ccc(N4CCN(C)CC4)cc3)ncc2C)cc1. The molecule has 4 N–H and O–H groups in total. The normalized spacial score (nSPS) is 14.6. The molecule has 0 unspecified atom stereocenters. The molecule has 0 radical (unpaired) electrons. The third kappa shape index (κ3) is 7.14. The van der Waals surface area contributed by atoms with E-state index >= 15 is 0 Å². The molecule has 1 saturated heterocycles. The lowest BCUT2D eigenvalue weighted by atomic mass is 10.2. The van der Waals surface area contributed by atoms with Gasteiger partial charge in [-0.1, -0.05) is 19.1 Å². The molecular weight excluding hydrogens is 476 g/mol. The van der Waals surface area contributed by atoms with E-state index in [-0.39, 0.29) is 6.54 Å². The molecule has 2 heterocycles. The quantitative estimate of drug-likeness (QED) is 0.329. The first-order valence-corrected chi connectivity index (χ1v) is 13.5. The van der Waals surface area contributed by atoms with E-state index in [1.165, 1.54) is 5.69 Å². The van der Waals surface area contributed by atoms with Gasteiger partial charge in [-0.05, 0) is 55.9 Å². The van der Waals surface area contributed by atoms with Crippen LogP contribution in [0.4, 0.5) is 28.8 Å². The summed E-state index contributed by atoms with van der Waals surface area (Å²) in [6.07, 6.45) is 1.78. The number of aromatic nitrogens is 2. The first-order valence-electron chi connectivity index (χ1n) is 12.1. The summed E-state index contributed by atoms with van der Waals surface area (Å²) in [6, 6.07) is 15.9. The number of hydrogen-bond donors (Lipinski definition) is 4. The van der Waals surface area contributed by atoms with Crippen LogP contribution in [0.1, 0.15) is 18.1 Å². The van der Waals surface area contributed by atoms with Crippen molar-refractivity contribution in [3.05, 3.63) is 65.9 Å². The van der Waals surface area contributed by atoms with Crippen molar-refractivity contribution in [2.45, 2.75) is 20.4 Å². The number of likely N-dealkylation sites (N-methyl/N-ethyl adjacent to an activating group) is 1. The van der Waals surface area contributed by atoms with Crippen molar-refractivity contribution in [2.24, 2.45) is 0 Å². The molecule has 0 saturated carbocycles. The van der Waals surface area contributed by atoms with E-state index in [4.69, 9.17) is 0 Å². The molecule has 1 fully saturated rings. The van der Waals surface area contributed by atoms with Crippen molar-refractivity contribution in [1.29, 1.82) is 0 Å². The summed E-state index contributed by atoms with van der Waals surface area (Å²) in [5.41, 5.74) is 4.75. The van der Waals surface area contributed by atoms with Gasteiger partial charge in [-0.25, -0.2) is 9.71 Å². The Morgan fingerprint density at radius 2 is 1.53 bits per heavy atom. The van der Waals surface area contributed by atoms with Crippen LogP contribution < -0.4 is 25.0 Å². The van der Waals surface area contributed by atoms with Crippen molar-refractivity contribution >= 4 is 39.0 Å². The third-order valence-corrected chi connectivity index (χ3v) is 7.17. The van der Waals surface area contributed by atoms with Gasteiger partial charge < -0.3 is 20.4 Å². The Hall–Kier alpha value is -3.25. The number of hydrogen-bond acceptors (Lipinski definition) is 8. The van der Waals surface area contributed by atoms with Crippen molar-refractivity contribution in [1.82, 2.24) is 24.3 Å². The zero-order valence-corrected chi connectivity index (χ0v) is 21.8. The van der Waals surface area contributed by atoms with E-state index in [2.05, 4.69) is 59.0 Å². The standard InChI is InChI=1S/C25H34N8O2S/c1-4-27-36(34,35)28-18-20-5-7-21(8-6-20)29-24-19(2)17-26-25(31-24)30-22-9-11-23(12-10-22)33-15-13-32(3)14-16-33/h5-12,17,27-28H,4,13-16,18H2,1-3H3,(H2,26,29,30,31). The lowest BCUT2D eigenvalue weighted by Gasteiger charge is -2.34. The molecule has 0 spiro atoms. The number of nitrogens with one attached hydrogen (secondary N) is 4. The van der Waals surface area contributed by atoms with Crippen molar-refractivity contribution in [2.75, 3.05) is 55.3 Å². The fourth-order valence-corrected chi connectivity index (χ4v) is 4.68. The number of aryl methyl sites for hydroxylation is 1. The highest BCUT2D eigenvalue weighted by Crippen LogP contribution is 2.23. The first-order chi connectivity index (χ1) is 17.3. The number of benzene rings is 2. The summed E-state index contributed by atoms with van der Waals surface area (Å²) in [5.74, 6) is 1.20. The molecule has 192 valence electrons. The van der Waals surface area contributed by atoms with E-state index in [0.717, 1.165) is 48.7 Å². The topological polar surface area (TPSA) is 115 Å². The van der Waals surface area contributed by atoms with Gasteiger partial charge in [0, 0.05) is 68.1 Å². The minimum atomic E-state index is -3.48. The van der Waals surface area contributed by atoms with Gasteiger partial charge >= 0.3 is 0 Å². The minimum Gasteiger partial charge on any atom is -0.369 e. The van der Waals surface area contributed by atoms with Crippen LogP contribution in [0.3, 0.4) is 0 Å². The smallest absolute Gasteiger partial charge is 0.277 e. The van der Waals surface area contributed by atoms with Gasteiger partial charge in [-0.15, -0.1) is 0 Å². The maximum atomic E-state index is 11.8. The zero-order chi connectivity index (χ0) is 25.5. The first kappa shape index (κ1) is 25.8. The second-order valence-electron chi connectivity index (χ2n) is 8.83. The molecule has 2 aromatic carbocycles. The van der Waals surface area contributed by atoms with Crippen LogP contribution in [-0.2, 0) is 16.8 Å². The van der Waals surface area contributed by atoms with E-state index in [0.29, 0.717) is 18.3 Å². The minimum absolute atomic E-state index is 0.212. The molecule has 0 bridgehead atoms. The number of anilines is 5. The summed E-state index contributed by atoms with van der Waals surface area (Å²) in [5, 5.41) is 6.61. The molecule has 0 atom stereocenters. The maximum Gasteiger partial charge on any atom is 0.277 e. The maximum absolute atomic E-state index is 11.8. The summed E-state index contributed by atoms with van der Waals surface area (Å²) in [7, 11) is -1.32. The van der Waals surface area contributed by atoms with E-state index in [9.17, 15) is 8.42 Å². The van der Waals surface area contributed by atoms with Crippen LogP contribution in [-0.4, -0.2) is 63.1 Å². The van der Waals surface area contributed by atoms with Gasteiger partial charge in [0.05, 0.1) is 0 Å². The lowest BCUT2D eigenvalue weighted by Crippen LogP contribution is -2.44. The molecule has 1 aliphatic heterocycles. The molecule has 3 aromatic rings. The zero-order valence-electron chi connectivity index (χ0n) is 21.0. The second kappa shape index (κ2) is 11.7. The molecule has 10 nitrogen and oxygen atoms in total. The van der Waals surface area contributed by atoms with Crippen LogP contribution in [0.25, 0.3) is 0 Å². The summed E-state index contributed by atoms with van der Waals surface area (Å²) in [6.45, 7) is 8.45. The Bertz CT molecular complexity index is 1240. The third-order valence-electron chi connectivity index (χ3n) is 5.98. The van der Waals surface area contributed by atoms with Gasteiger partial charge in [0.15, 0.2) is 0 Å². The average molecular weight is 511 g/mol. The monoisotopic (exact) mass is 510 g/mol. The number of rotatable bonds is 10. The van der Waals surface area contributed by atoms with Crippen LogP contribution in [0.5, 0.6) is 0 Å². The van der Waals surface area contributed by atoms with Gasteiger partial charge in [-0.2, -0.15) is 18.1 Å². The second-order valence-corrected chi connectivity index (χ2v) is 10.4. The average Bonchev–Trinajstić information content (AvgIpc) is 2.87. The molecule has 1 aromatic heterocycles. The summed E-state index contributed by atoms with van der Waals surface area (Å²) < 4.78 is 28.4. The van der Waals surface area contributed by atoms with Crippen molar-refractivity contribution < 1.29 is 8.42 Å². The highest BCUT2D eigenvalue weighted by atomic mass is 32.2. The van der Waals surface area contributed by atoms with E-state index < -0.39 is 10.2 Å². The molecule has 0 aliphatic carbocycles. The van der Waals surface area contributed by atoms with E-state index in [1.807, 2.05) is 43.3 Å². The van der Waals surface area contributed by atoms with Gasteiger partial charge in [0.2, 0.25) is 5.95 Å². The molecule has 4 rings (SSSR count). The predicted octanol–water partition coefficient (Wildman–Crippen LogP) is 2.97. The van der Waals surface area contributed by atoms with Crippen LogP contribution in [0, 0.1) is 6.92 Å². The Morgan fingerprint density at radius 3 is 2.19 bits per heavy atom. The molecular formula is C25H34N8O2S. The largest absolute Gasteiger partial charge is 0.369 e. The number of nitrogens with zero attached hydrogens (tertiary/aromatic N) is 4. The fraction of sp³-hybridized carbons (Fsp3) is 0.360.